The highest BCUT2D eigenvalue weighted by Crippen LogP contribution is 2.22. The lowest BCUT2D eigenvalue weighted by Crippen LogP contribution is -2.37. The number of hydrogen-bond donors (Lipinski definition) is 0. The van der Waals surface area contributed by atoms with Crippen molar-refractivity contribution in [2.24, 2.45) is 0 Å². The summed E-state index contributed by atoms with van der Waals surface area (Å²) in [6.07, 6.45) is 1.29. The maximum absolute atomic E-state index is 12.7. The molecule has 0 atom stereocenters. The number of nitrogens with zero attached hydrogens (tertiary/aromatic N) is 2. The van der Waals surface area contributed by atoms with Gasteiger partial charge in [0.05, 0.1) is 4.90 Å². The van der Waals surface area contributed by atoms with Gasteiger partial charge in [-0.25, -0.2) is 17.5 Å². The highest BCUT2D eigenvalue weighted by molar-refractivity contribution is 7.89. The Morgan fingerprint density at radius 3 is 2.27 bits per heavy atom. The lowest BCUT2D eigenvalue weighted by atomic mass is 10.1. The Bertz CT molecular complexity index is 908. The van der Waals surface area contributed by atoms with Gasteiger partial charge in [-0.15, -0.1) is 0 Å². The zero-order valence-electron chi connectivity index (χ0n) is 14.5. The summed E-state index contributed by atoms with van der Waals surface area (Å²) in [5.74, 6) is -0.487. The Morgan fingerprint density at radius 2 is 1.62 bits per heavy atom. The molecule has 3 rings (SSSR count). The highest BCUT2D eigenvalue weighted by atomic mass is 32.2. The minimum atomic E-state index is -4.03. The van der Waals surface area contributed by atoms with Crippen LogP contribution in [0.1, 0.15) is 17.5 Å². The molecule has 2 aromatic rings. The van der Waals surface area contributed by atoms with Gasteiger partial charge in [0.1, 0.15) is 6.54 Å². The zero-order chi connectivity index (χ0) is 18.7. The second kappa shape index (κ2) is 7.29. The van der Waals surface area contributed by atoms with Crippen molar-refractivity contribution in [1.82, 2.24) is 9.21 Å². The molecule has 1 fully saturated rings. The van der Waals surface area contributed by atoms with E-state index in [1.807, 2.05) is 37.3 Å². The van der Waals surface area contributed by atoms with Gasteiger partial charge < -0.3 is 0 Å². The maximum atomic E-state index is 12.7. The number of carbonyl (C=O) groups is 2. The molecule has 7 heteroatoms. The number of urea groups is 1. The summed E-state index contributed by atoms with van der Waals surface area (Å²) in [6.45, 7) is 1.60. The lowest BCUT2D eigenvalue weighted by molar-refractivity contribution is -0.125. The van der Waals surface area contributed by atoms with E-state index in [0.717, 1.165) is 16.0 Å². The molecule has 26 heavy (non-hydrogen) atoms. The fraction of sp³-hybridized carbons (Fsp3) is 0.263. The van der Waals surface area contributed by atoms with Crippen molar-refractivity contribution < 1.29 is 18.0 Å². The van der Waals surface area contributed by atoms with Crippen LogP contribution in [0.25, 0.3) is 0 Å². The second-order valence-corrected chi connectivity index (χ2v) is 8.10. The quantitative estimate of drug-likeness (QED) is 0.731. The first-order valence-corrected chi connectivity index (χ1v) is 9.81. The van der Waals surface area contributed by atoms with Crippen LogP contribution in [-0.4, -0.2) is 42.7 Å². The molecule has 2 aromatic carbocycles. The minimum absolute atomic E-state index is 0.00962. The lowest BCUT2D eigenvalue weighted by Gasteiger charge is -2.17. The molecule has 0 N–H and O–H groups in total. The van der Waals surface area contributed by atoms with E-state index in [9.17, 15) is 18.0 Å². The molecule has 1 aliphatic heterocycles. The minimum Gasteiger partial charge on any atom is -0.272 e. The van der Waals surface area contributed by atoms with Crippen molar-refractivity contribution in [2.75, 3.05) is 13.1 Å². The Kier molecular flexibility index (Phi) is 5.08. The number of imide groups is 1. The average Bonchev–Trinajstić information content (AvgIpc) is 2.92. The van der Waals surface area contributed by atoms with Crippen LogP contribution >= 0.6 is 0 Å². The molecule has 136 valence electrons. The molecular formula is C19H20N2O4S. The average molecular weight is 372 g/mol. The van der Waals surface area contributed by atoms with Crippen molar-refractivity contribution in [2.45, 2.75) is 24.7 Å². The third-order valence-corrected chi connectivity index (χ3v) is 6.06. The summed E-state index contributed by atoms with van der Waals surface area (Å²) < 4.78 is 26.0. The molecule has 0 aromatic heterocycles. The molecule has 0 saturated carbocycles. The van der Waals surface area contributed by atoms with Gasteiger partial charge in [-0.1, -0.05) is 48.0 Å². The number of rotatable bonds is 6. The molecule has 3 amide bonds. The summed E-state index contributed by atoms with van der Waals surface area (Å²) in [6, 6.07) is 15.2. The van der Waals surface area contributed by atoms with Crippen LogP contribution in [0.2, 0.25) is 0 Å². The number of aryl methyl sites for hydroxylation is 2. The van der Waals surface area contributed by atoms with Crippen LogP contribution in [0.3, 0.4) is 0 Å². The third kappa shape index (κ3) is 3.62. The first kappa shape index (κ1) is 18.1. The first-order valence-electron chi connectivity index (χ1n) is 8.37. The number of carbonyl (C=O) groups excluding carboxylic acids is 2. The van der Waals surface area contributed by atoms with E-state index in [0.29, 0.717) is 17.1 Å². The number of amides is 3. The van der Waals surface area contributed by atoms with E-state index in [2.05, 4.69) is 0 Å². The van der Waals surface area contributed by atoms with Gasteiger partial charge in [0.2, 0.25) is 0 Å². The first-order chi connectivity index (χ1) is 12.4. The molecule has 0 radical (unpaired) electrons. The van der Waals surface area contributed by atoms with Gasteiger partial charge in [-0.3, -0.25) is 9.69 Å². The van der Waals surface area contributed by atoms with Crippen LogP contribution in [0.15, 0.2) is 59.5 Å². The van der Waals surface area contributed by atoms with Crippen molar-refractivity contribution in [1.29, 1.82) is 0 Å². The zero-order valence-corrected chi connectivity index (χ0v) is 15.3. The molecule has 6 nitrogen and oxygen atoms in total. The third-order valence-electron chi connectivity index (χ3n) is 4.32. The fourth-order valence-corrected chi connectivity index (χ4v) is 4.17. The molecule has 0 spiro atoms. The largest absolute Gasteiger partial charge is 0.341 e. The van der Waals surface area contributed by atoms with Crippen molar-refractivity contribution in [3.63, 3.8) is 0 Å². The Morgan fingerprint density at radius 1 is 0.962 bits per heavy atom. The van der Waals surface area contributed by atoms with E-state index >= 15 is 0 Å². The fourth-order valence-electron chi connectivity index (χ4n) is 2.85. The summed E-state index contributed by atoms with van der Waals surface area (Å²) in [5.41, 5.74) is 2.02. The maximum Gasteiger partial charge on any atom is 0.341 e. The molecule has 0 unspecified atom stereocenters. The second-order valence-electron chi connectivity index (χ2n) is 6.24. The van der Waals surface area contributed by atoms with Crippen molar-refractivity contribution in [3.8, 4) is 0 Å². The summed E-state index contributed by atoms with van der Waals surface area (Å²) in [5, 5.41) is 0. The van der Waals surface area contributed by atoms with Gasteiger partial charge >= 0.3 is 6.03 Å². The van der Waals surface area contributed by atoms with E-state index < -0.39 is 28.5 Å². The summed E-state index contributed by atoms with van der Waals surface area (Å²) in [4.78, 5) is 25.7. The molecule has 1 saturated heterocycles. The van der Waals surface area contributed by atoms with E-state index in [1.54, 1.807) is 12.1 Å². The Hall–Kier alpha value is -2.67. The van der Waals surface area contributed by atoms with Gasteiger partial charge in [0.15, 0.2) is 0 Å². The smallest absolute Gasteiger partial charge is 0.272 e. The van der Waals surface area contributed by atoms with E-state index in [1.165, 1.54) is 12.1 Å². The summed E-state index contributed by atoms with van der Waals surface area (Å²) in [7, 11) is -4.03. The van der Waals surface area contributed by atoms with E-state index in [-0.39, 0.29) is 11.4 Å². The number of hydrogen-bond acceptors (Lipinski definition) is 4. The molecule has 1 aliphatic rings. The highest BCUT2D eigenvalue weighted by Gasteiger charge is 2.43. The number of sulfonamides is 1. The normalized spacial score (nSPS) is 15.0. The predicted molar refractivity (Wildman–Crippen MR) is 96.9 cm³/mol. The van der Waals surface area contributed by atoms with Crippen molar-refractivity contribution in [3.05, 3.63) is 65.7 Å². The van der Waals surface area contributed by atoms with E-state index in [4.69, 9.17) is 0 Å². The van der Waals surface area contributed by atoms with Gasteiger partial charge in [0, 0.05) is 6.54 Å². The molecular weight excluding hydrogens is 352 g/mol. The van der Waals surface area contributed by atoms with Crippen LogP contribution in [0, 0.1) is 6.92 Å². The topological polar surface area (TPSA) is 74.8 Å². The number of benzene rings is 2. The summed E-state index contributed by atoms with van der Waals surface area (Å²) >= 11 is 0. The monoisotopic (exact) mass is 372 g/mol. The Balaban J connectivity index is 1.69. The van der Waals surface area contributed by atoms with Gasteiger partial charge in [0.25, 0.3) is 15.9 Å². The SMILES string of the molecule is Cc1ccc(S(=O)(=O)N2CC(=O)N(CCCc3ccccc3)C2=O)cc1. The van der Waals surface area contributed by atoms with Gasteiger partial charge in [-0.05, 0) is 37.5 Å². The predicted octanol–water partition coefficient (Wildman–Crippen LogP) is 2.58. The van der Waals surface area contributed by atoms with Crippen molar-refractivity contribution >= 4 is 22.0 Å². The molecule has 0 bridgehead atoms. The van der Waals surface area contributed by atoms with Crippen LogP contribution in [0.5, 0.6) is 0 Å². The van der Waals surface area contributed by atoms with Crippen LogP contribution in [-0.2, 0) is 21.2 Å². The standard InChI is InChI=1S/C19H20N2O4S/c1-15-9-11-17(12-10-15)26(24,25)21-14-18(22)20(19(21)23)13-5-8-16-6-3-2-4-7-16/h2-4,6-7,9-12H,5,8,13-14H2,1H3. The van der Waals surface area contributed by atoms with Crippen LogP contribution < -0.4 is 0 Å². The van der Waals surface area contributed by atoms with Crippen LogP contribution in [0.4, 0.5) is 4.79 Å². The van der Waals surface area contributed by atoms with Gasteiger partial charge in [-0.2, -0.15) is 0 Å². The Labute approximate surface area is 153 Å². The molecule has 0 aliphatic carbocycles. The molecule has 1 heterocycles.